The molecule has 0 saturated heterocycles. The van der Waals surface area contributed by atoms with Gasteiger partial charge in [-0.1, -0.05) is 24.6 Å². The first-order valence-electron chi connectivity index (χ1n) is 5.41. The van der Waals surface area contributed by atoms with Crippen LogP contribution in [0, 0.1) is 5.92 Å². The molecule has 17 heavy (non-hydrogen) atoms. The quantitative estimate of drug-likeness (QED) is 0.830. The molecule has 0 aromatic heterocycles. The summed E-state index contributed by atoms with van der Waals surface area (Å²) in [6.45, 7) is 2.66. The zero-order chi connectivity index (χ0) is 12.6. The van der Waals surface area contributed by atoms with E-state index in [1.165, 1.54) is 4.90 Å². The van der Waals surface area contributed by atoms with Gasteiger partial charge >= 0.3 is 0 Å². The summed E-state index contributed by atoms with van der Waals surface area (Å²) < 4.78 is 0. The second-order valence-corrected chi connectivity index (χ2v) is 4.63. The van der Waals surface area contributed by atoms with Crippen molar-refractivity contribution in [1.82, 2.24) is 4.90 Å². The van der Waals surface area contributed by atoms with Crippen LogP contribution in [-0.4, -0.2) is 29.8 Å². The molecule has 1 aromatic rings. The Morgan fingerprint density at radius 2 is 2.06 bits per heavy atom. The third-order valence-corrected chi connectivity index (χ3v) is 3.16. The van der Waals surface area contributed by atoms with Gasteiger partial charge in [0.2, 0.25) is 0 Å². The first-order chi connectivity index (χ1) is 8.06. The van der Waals surface area contributed by atoms with E-state index in [0.29, 0.717) is 29.2 Å². The molecule has 0 radical (unpaired) electrons. The van der Waals surface area contributed by atoms with Crippen LogP contribution in [0.5, 0.6) is 0 Å². The van der Waals surface area contributed by atoms with Crippen molar-refractivity contribution in [3.8, 4) is 0 Å². The lowest BCUT2D eigenvalue weighted by Crippen LogP contribution is -2.36. The minimum Gasteiger partial charge on any atom is -0.330 e. The summed E-state index contributed by atoms with van der Waals surface area (Å²) in [4.78, 5) is 25.3. The number of hydrogen-bond donors (Lipinski definition) is 1. The predicted octanol–water partition coefficient (Wildman–Crippen LogP) is 1.53. The second kappa shape index (κ2) is 4.47. The first kappa shape index (κ1) is 12.1. The van der Waals surface area contributed by atoms with Gasteiger partial charge in [0, 0.05) is 6.54 Å². The highest BCUT2D eigenvalue weighted by atomic mass is 35.5. The van der Waals surface area contributed by atoms with E-state index >= 15 is 0 Å². The van der Waals surface area contributed by atoms with Gasteiger partial charge in [0.25, 0.3) is 11.8 Å². The number of nitrogens with two attached hydrogens (primary N) is 1. The lowest BCUT2D eigenvalue weighted by Gasteiger charge is -2.17. The molecule has 1 aliphatic rings. The van der Waals surface area contributed by atoms with Crippen LogP contribution in [0.3, 0.4) is 0 Å². The third-order valence-electron chi connectivity index (χ3n) is 2.84. The van der Waals surface area contributed by atoms with E-state index in [1.807, 2.05) is 6.92 Å². The van der Waals surface area contributed by atoms with Crippen LogP contribution in [0.1, 0.15) is 27.6 Å². The van der Waals surface area contributed by atoms with Crippen molar-refractivity contribution in [2.75, 3.05) is 13.1 Å². The van der Waals surface area contributed by atoms with Gasteiger partial charge in [-0.05, 0) is 24.6 Å². The largest absolute Gasteiger partial charge is 0.330 e. The Kier molecular flexibility index (Phi) is 3.17. The molecule has 2 N–H and O–H groups in total. The Morgan fingerprint density at radius 1 is 1.35 bits per heavy atom. The molecule has 1 heterocycles. The maximum Gasteiger partial charge on any atom is 0.263 e. The Morgan fingerprint density at radius 3 is 2.65 bits per heavy atom. The van der Waals surface area contributed by atoms with E-state index in [4.69, 9.17) is 17.3 Å². The summed E-state index contributed by atoms with van der Waals surface area (Å²) >= 11 is 5.94. The van der Waals surface area contributed by atoms with Crippen molar-refractivity contribution < 1.29 is 9.59 Å². The summed E-state index contributed by atoms with van der Waals surface area (Å²) in [7, 11) is 0. The van der Waals surface area contributed by atoms with E-state index in [-0.39, 0.29) is 17.7 Å². The maximum atomic E-state index is 12.1. The molecule has 5 heteroatoms. The van der Waals surface area contributed by atoms with Crippen LogP contribution in [0.25, 0.3) is 0 Å². The number of carbonyl (C=O) groups excluding carboxylic acids is 2. The molecule has 0 bridgehead atoms. The van der Waals surface area contributed by atoms with Crippen molar-refractivity contribution in [2.45, 2.75) is 6.92 Å². The molecular formula is C12H13ClN2O2. The third kappa shape index (κ3) is 1.94. The lowest BCUT2D eigenvalue weighted by molar-refractivity contribution is 0.0634. The number of nitrogens with zero attached hydrogens (tertiary/aromatic N) is 1. The summed E-state index contributed by atoms with van der Waals surface area (Å²) in [6.07, 6.45) is 0. The summed E-state index contributed by atoms with van der Waals surface area (Å²) in [5, 5.41) is 0.323. The Labute approximate surface area is 104 Å². The van der Waals surface area contributed by atoms with E-state index in [1.54, 1.807) is 18.2 Å². The fraction of sp³-hybridized carbons (Fsp3) is 0.333. The summed E-state index contributed by atoms with van der Waals surface area (Å²) in [5.41, 5.74) is 6.19. The molecule has 2 rings (SSSR count). The Balaban J connectivity index is 2.36. The molecule has 1 unspecified atom stereocenters. The van der Waals surface area contributed by atoms with E-state index in [9.17, 15) is 9.59 Å². The minimum absolute atomic E-state index is 0.0796. The molecule has 4 nitrogen and oxygen atoms in total. The molecule has 0 saturated carbocycles. The topological polar surface area (TPSA) is 63.4 Å². The molecule has 90 valence electrons. The molecule has 1 atom stereocenters. The molecular weight excluding hydrogens is 240 g/mol. The average Bonchev–Trinajstić information content (AvgIpc) is 2.55. The van der Waals surface area contributed by atoms with Gasteiger partial charge in [0.15, 0.2) is 0 Å². The van der Waals surface area contributed by atoms with Gasteiger partial charge in [0.1, 0.15) is 0 Å². The number of rotatable bonds is 3. The van der Waals surface area contributed by atoms with Crippen molar-refractivity contribution in [2.24, 2.45) is 11.7 Å². The van der Waals surface area contributed by atoms with Crippen LogP contribution >= 0.6 is 11.6 Å². The highest BCUT2D eigenvalue weighted by Crippen LogP contribution is 2.29. The van der Waals surface area contributed by atoms with Gasteiger partial charge in [0.05, 0.1) is 16.1 Å². The van der Waals surface area contributed by atoms with Gasteiger partial charge in [-0.2, -0.15) is 0 Å². The van der Waals surface area contributed by atoms with E-state index < -0.39 is 0 Å². The molecule has 0 fully saturated rings. The monoisotopic (exact) mass is 252 g/mol. The Hall–Kier alpha value is -1.39. The smallest absolute Gasteiger partial charge is 0.263 e. The SMILES string of the molecule is CC(CN)CN1C(=O)c2cccc(Cl)c2C1=O. The number of fused-ring (bicyclic) bond motifs is 1. The van der Waals surface area contributed by atoms with Crippen molar-refractivity contribution >= 4 is 23.4 Å². The fourth-order valence-corrected chi connectivity index (χ4v) is 2.10. The summed E-state index contributed by atoms with van der Waals surface area (Å²) in [6, 6.07) is 4.90. The average molecular weight is 253 g/mol. The molecule has 2 amide bonds. The van der Waals surface area contributed by atoms with E-state index in [2.05, 4.69) is 0 Å². The maximum absolute atomic E-state index is 12.1. The second-order valence-electron chi connectivity index (χ2n) is 4.22. The predicted molar refractivity (Wildman–Crippen MR) is 65.0 cm³/mol. The van der Waals surface area contributed by atoms with Gasteiger partial charge in [-0.3, -0.25) is 14.5 Å². The minimum atomic E-state index is -0.323. The zero-order valence-corrected chi connectivity index (χ0v) is 10.2. The van der Waals surface area contributed by atoms with Crippen LogP contribution < -0.4 is 5.73 Å². The number of imide groups is 1. The van der Waals surface area contributed by atoms with Crippen molar-refractivity contribution in [1.29, 1.82) is 0 Å². The summed E-state index contributed by atoms with van der Waals surface area (Å²) in [5.74, 6) is -0.528. The molecule has 1 aliphatic heterocycles. The standard InChI is InChI=1S/C12H13ClN2O2/c1-7(5-14)6-15-11(16)8-3-2-4-9(13)10(8)12(15)17/h2-4,7H,5-6,14H2,1H3. The number of halogens is 1. The number of carbonyl (C=O) groups is 2. The van der Waals surface area contributed by atoms with Crippen molar-refractivity contribution in [3.63, 3.8) is 0 Å². The molecule has 0 aliphatic carbocycles. The van der Waals surface area contributed by atoms with Crippen molar-refractivity contribution in [3.05, 3.63) is 34.3 Å². The van der Waals surface area contributed by atoms with Gasteiger partial charge in [-0.15, -0.1) is 0 Å². The Bertz CT molecular complexity index is 487. The van der Waals surface area contributed by atoms with Crippen LogP contribution in [0.15, 0.2) is 18.2 Å². The fourth-order valence-electron chi connectivity index (χ4n) is 1.84. The van der Waals surface area contributed by atoms with Crippen LogP contribution in [0.4, 0.5) is 0 Å². The lowest BCUT2D eigenvalue weighted by atomic mass is 10.1. The molecule has 1 aromatic carbocycles. The normalized spacial score (nSPS) is 16.3. The number of hydrogen-bond acceptors (Lipinski definition) is 3. The zero-order valence-electron chi connectivity index (χ0n) is 9.44. The van der Waals surface area contributed by atoms with Crippen LogP contribution in [-0.2, 0) is 0 Å². The highest BCUT2D eigenvalue weighted by Gasteiger charge is 2.37. The van der Waals surface area contributed by atoms with Gasteiger partial charge < -0.3 is 5.73 Å². The number of benzene rings is 1. The highest BCUT2D eigenvalue weighted by molar-refractivity contribution is 6.37. The van der Waals surface area contributed by atoms with Gasteiger partial charge in [-0.25, -0.2) is 0 Å². The molecule has 0 spiro atoms. The number of amides is 2. The first-order valence-corrected chi connectivity index (χ1v) is 5.78. The van der Waals surface area contributed by atoms with Crippen LogP contribution in [0.2, 0.25) is 5.02 Å². The van der Waals surface area contributed by atoms with E-state index in [0.717, 1.165) is 0 Å².